The van der Waals surface area contributed by atoms with E-state index < -0.39 is 12.0 Å². The van der Waals surface area contributed by atoms with Gasteiger partial charge in [0.1, 0.15) is 11.9 Å². The molecule has 1 fully saturated rings. The Labute approximate surface area is 119 Å². The predicted molar refractivity (Wildman–Crippen MR) is 70.6 cm³/mol. The van der Waals surface area contributed by atoms with Gasteiger partial charge in [0.25, 0.3) is 5.91 Å². The van der Waals surface area contributed by atoms with E-state index in [0.29, 0.717) is 6.42 Å². The number of carboxylic acid groups (broad SMARTS) is 1. The smallest absolute Gasteiger partial charge is 0.337 e. The minimum Gasteiger partial charge on any atom is -0.478 e. The maximum Gasteiger partial charge on any atom is 0.337 e. The van der Waals surface area contributed by atoms with E-state index in [2.05, 4.69) is 10.3 Å². The van der Waals surface area contributed by atoms with Crippen LogP contribution in [0.25, 0.3) is 0 Å². The lowest BCUT2D eigenvalue weighted by Crippen LogP contribution is -2.48. The molecule has 1 saturated heterocycles. The summed E-state index contributed by atoms with van der Waals surface area (Å²) in [6, 6.07) is 0.655. The fourth-order valence-corrected chi connectivity index (χ4v) is 2.09. The predicted octanol–water partition coefficient (Wildman–Crippen LogP) is 0.992. The van der Waals surface area contributed by atoms with Crippen LogP contribution < -0.4 is 5.32 Å². The number of piperidine rings is 1. The van der Waals surface area contributed by atoms with Gasteiger partial charge in [0.15, 0.2) is 0 Å². The lowest BCUT2D eigenvalue weighted by Gasteiger charge is -2.28. The number of imide groups is 1. The Morgan fingerprint density at radius 1 is 1.55 bits per heavy atom. The number of pyridine rings is 1. The van der Waals surface area contributed by atoms with E-state index in [4.69, 9.17) is 16.7 Å². The molecule has 1 unspecified atom stereocenters. The molecule has 1 aromatic rings. The second kappa shape index (κ2) is 5.46. The summed E-state index contributed by atoms with van der Waals surface area (Å²) in [6.07, 6.45) is 1.80. The van der Waals surface area contributed by atoms with Crippen LogP contribution in [0, 0.1) is 0 Å². The zero-order valence-corrected chi connectivity index (χ0v) is 11.3. The number of amides is 2. The molecule has 0 aromatic carbocycles. The first kappa shape index (κ1) is 14.3. The van der Waals surface area contributed by atoms with Crippen molar-refractivity contribution in [3.63, 3.8) is 0 Å². The van der Waals surface area contributed by atoms with E-state index in [1.54, 1.807) is 0 Å². The van der Waals surface area contributed by atoms with Crippen LogP contribution in [0.1, 0.15) is 23.2 Å². The molecule has 1 atom stereocenters. The summed E-state index contributed by atoms with van der Waals surface area (Å²) >= 11 is 5.71. The maximum atomic E-state index is 11.9. The number of halogens is 1. The van der Waals surface area contributed by atoms with Crippen molar-refractivity contribution in [3.05, 3.63) is 22.8 Å². The number of likely N-dealkylation sites (N-methyl/N-ethyl adjacent to an activating group) is 1. The van der Waals surface area contributed by atoms with Gasteiger partial charge in [-0.1, -0.05) is 11.6 Å². The fraction of sp³-hybridized carbons (Fsp3) is 0.333. The van der Waals surface area contributed by atoms with Gasteiger partial charge in [-0.3, -0.25) is 14.5 Å². The van der Waals surface area contributed by atoms with Crippen molar-refractivity contribution in [1.29, 1.82) is 0 Å². The lowest BCUT2D eigenvalue weighted by molar-refractivity contribution is -0.146. The second-order valence-corrected chi connectivity index (χ2v) is 4.79. The van der Waals surface area contributed by atoms with Crippen LogP contribution >= 0.6 is 11.6 Å². The molecule has 0 spiro atoms. The van der Waals surface area contributed by atoms with Crippen molar-refractivity contribution in [2.45, 2.75) is 18.9 Å². The third-order valence-corrected chi connectivity index (χ3v) is 3.36. The Morgan fingerprint density at radius 2 is 2.25 bits per heavy atom. The minimum absolute atomic E-state index is 0.0188. The number of nitrogens with one attached hydrogen (secondary N) is 1. The number of anilines is 1. The standard InChI is InChI=1S/C12H12ClN3O4/c1-16-10(17)3-2-8(11(16)18)15-9-4-6(12(19)20)7(13)5-14-9/h4-5,8H,2-3H2,1H3,(H,14,15)(H,19,20). The molecule has 1 aliphatic heterocycles. The monoisotopic (exact) mass is 297 g/mol. The first-order valence-corrected chi connectivity index (χ1v) is 6.23. The van der Waals surface area contributed by atoms with Gasteiger partial charge in [-0.25, -0.2) is 9.78 Å². The highest BCUT2D eigenvalue weighted by atomic mass is 35.5. The quantitative estimate of drug-likeness (QED) is 0.807. The van der Waals surface area contributed by atoms with E-state index in [1.165, 1.54) is 19.3 Å². The Balaban J connectivity index is 2.18. The number of aromatic nitrogens is 1. The summed E-state index contributed by atoms with van der Waals surface area (Å²) in [5.41, 5.74) is -0.100. The van der Waals surface area contributed by atoms with Crippen LogP contribution in [0.15, 0.2) is 12.3 Å². The van der Waals surface area contributed by atoms with Crippen molar-refractivity contribution >= 4 is 35.2 Å². The summed E-state index contributed by atoms with van der Waals surface area (Å²) < 4.78 is 0. The van der Waals surface area contributed by atoms with Gasteiger partial charge in [0, 0.05) is 19.7 Å². The summed E-state index contributed by atoms with van der Waals surface area (Å²) in [5, 5.41) is 11.8. The minimum atomic E-state index is -1.18. The van der Waals surface area contributed by atoms with Crippen molar-refractivity contribution < 1.29 is 19.5 Å². The number of hydrogen-bond acceptors (Lipinski definition) is 5. The zero-order chi connectivity index (χ0) is 14.9. The van der Waals surface area contributed by atoms with Gasteiger partial charge >= 0.3 is 5.97 Å². The number of likely N-dealkylation sites (tertiary alicyclic amines) is 1. The highest BCUT2D eigenvalue weighted by molar-refractivity contribution is 6.33. The average molecular weight is 298 g/mol. The number of nitrogens with zero attached hydrogens (tertiary/aromatic N) is 2. The second-order valence-electron chi connectivity index (χ2n) is 4.38. The Bertz CT molecular complexity index is 590. The first-order valence-electron chi connectivity index (χ1n) is 5.86. The number of carbonyl (C=O) groups excluding carboxylic acids is 2. The molecule has 2 amide bonds. The molecule has 0 aliphatic carbocycles. The first-order chi connectivity index (χ1) is 9.40. The number of hydrogen-bond donors (Lipinski definition) is 2. The number of carboxylic acids is 1. The molecule has 106 valence electrons. The Morgan fingerprint density at radius 3 is 2.90 bits per heavy atom. The van der Waals surface area contributed by atoms with Crippen molar-refractivity contribution in [2.75, 3.05) is 12.4 Å². The molecule has 1 aliphatic rings. The molecule has 2 rings (SSSR count). The van der Waals surface area contributed by atoms with E-state index in [9.17, 15) is 14.4 Å². The van der Waals surface area contributed by atoms with Gasteiger partial charge in [-0.15, -0.1) is 0 Å². The van der Waals surface area contributed by atoms with E-state index in [-0.39, 0.29) is 34.6 Å². The number of aromatic carboxylic acids is 1. The number of rotatable bonds is 3. The number of carbonyl (C=O) groups is 3. The van der Waals surface area contributed by atoms with Gasteiger partial charge in [-0.2, -0.15) is 0 Å². The highest BCUT2D eigenvalue weighted by Crippen LogP contribution is 2.20. The van der Waals surface area contributed by atoms with Crippen LogP contribution in [0.2, 0.25) is 5.02 Å². The third kappa shape index (κ3) is 2.72. The van der Waals surface area contributed by atoms with Crippen molar-refractivity contribution in [1.82, 2.24) is 9.88 Å². The molecule has 0 saturated carbocycles. The average Bonchev–Trinajstić information content (AvgIpc) is 2.41. The maximum absolute atomic E-state index is 11.9. The summed E-state index contributed by atoms with van der Waals surface area (Å²) in [6.45, 7) is 0. The SMILES string of the molecule is CN1C(=O)CCC(Nc2cc(C(=O)O)c(Cl)cn2)C1=O. The highest BCUT2D eigenvalue weighted by Gasteiger charge is 2.31. The van der Waals surface area contributed by atoms with Crippen molar-refractivity contribution in [3.8, 4) is 0 Å². The van der Waals surface area contributed by atoms with Crippen molar-refractivity contribution in [2.24, 2.45) is 0 Å². The zero-order valence-electron chi connectivity index (χ0n) is 10.6. The van der Waals surface area contributed by atoms with Crippen LogP contribution in [-0.4, -0.2) is 45.9 Å². The third-order valence-electron chi connectivity index (χ3n) is 3.06. The van der Waals surface area contributed by atoms with Gasteiger partial charge in [-0.05, 0) is 12.5 Å². The molecule has 2 N–H and O–H groups in total. The topological polar surface area (TPSA) is 99.6 Å². The van der Waals surface area contributed by atoms with Crippen LogP contribution in [-0.2, 0) is 9.59 Å². The van der Waals surface area contributed by atoms with E-state index in [0.717, 1.165) is 4.90 Å². The summed E-state index contributed by atoms with van der Waals surface area (Å²) in [5.74, 6) is -1.55. The molecule has 1 aromatic heterocycles. The lowest BCUT2D eigenvalue weighted by atomic mass is 10.0. The van der Waals surface area contributed by atoms with Crippen LogP contribution in [0.3, 0.4) is 0 Å². The molecular weight excluding hydrogens is 286 g/mol. The molecule has 8 heteroatoms. The Kier molecular flexibility index (Phi) is 3.89. The van der Waals surface area contributed by atoms with Gasteiger partial charge < -0.3 is 10.4 Å². The summed E-state index contributed by atoms with van der Waals surface area (Å²) in [4.78, 5) is 39.2. The normalized spacial score (nSPS) is 19.1. The molecule has 0 radical (unpaired) electrons. The molecule has 7 nitrogen and oxygen atoms in total. The molecule has 20 heavy (non-hydrogen) atoms. The molecule has 2 heterocycles. The molecule has 0 bridgehead atoms. The van der Waals surface area contributed by atoms with E-state index in [1.807, 2.05) is 0 Å². The van der Waals surface area contributed by atoms with Gasteiger partial charge in [0.2, 0.25) is 5.91 Å². The fourth-order valence-electron chi connectivity index (χ4n) is 1.91. The molecular formula is C12H12ClN3O4. The summed E-state index contributed by atoms with van der Waals surface area (Å²) in [7, 11) is 1.41. The van der Waals surface area contributed by atoms with Crippen LogP contribution in [0.5, 0.6) is 0 Å². The Hall–Kier alpha value is -2.15. The largest absolute Gasteiger partial charge is 0.478 e. The van der Waals surface area contributed by atoms with E-state index >= 15 is 0 Å². The van der Waals surface area contributed by atoms with Crippen LogP contribution in [0.4, 0.5) is 5.82 Å². The van der Waals surface area contributed by atoms with Gasteiger partial charge in [0.05, 0.1) is 10.6 Å².